The Hall–Kier alpha value is -1.68. The molecular formula is C17H19NO5S3. The highest BCUT2D eigenvalue weighted by Gasteiger charge is 2.14. The first-order chi connectivity index (χ1) is 12.3. The molecule has 9 heteroatoms. The zero-order valence-corrected chi connectivity index (χ0v) is 16.8. The van der Waals surface area contributed by atoms with E-state index in [0.717, 1.165) is 16.0 Å². The number of carbonyl (C=O) groups excluding carboxylic acids is 2. The molecule has 0 saturated heterocycles. The molecule has 0 amide bonds. The monoisotopic (exact) mass is 413 g/mol. The molecule has 1 N–H and O–H groups in total. The minimum Gasteiger partial charge on any atom is -0.453 e. The summed E-state index contributed by atoms with van der Waals surface area (Å²) in [7, 11) is -3.23. The van der Waals surface area contributed by atoms with Gasteiger partial charge in [0.1, 0.15) is 4.88 Å². The molecule has 26 heavy (non-hydrogen) atoms. The van der Waals surface area contributed by atoms with E-state index in [4.69, 9.17) is 4.74 Å². The molecule has 0 atom stereocenters. The summed E-state index contributed by atoms with van der Waals surface area (Å²) in [5.41, 5.74) is 0.495. The van der Waals surface area contributed by atoms with Crippen LogP contribution < -0.4 is 4.72 Å². The van der Waals surface area contributed by atoms with Crippen molar-refractivity contribution in [3.63, 3.8) is 0 Å². The minimum absolute atomic E-state index is 0.262. The molecule has 140 valence electrons. The van der Waals surface area contributed by atoms with E-state index in [0.29, 0.717) is 16.9 Å². The average Bonchev–Trinajstić information content (AvgIpc) is 3.07. The molecule has 1 aromatic heterocycles. The van der Waals surface area contributed by atoms with Crippen LogP contribution in [0.15, 0.2) is 41.3 Å². The van der Waals surface area contributed by atoms with Crippen LogP contribution in [0.5, 0.6) is 0 Å². The number of rotatable bonds is 9. The number of sulfonamides is 1. The third-order valence-corrected chi connectivity index (χ3v) is 5.94. The summed E-state index contributed by atoms with van der Waals surface area (Å²) in [6.45, 7) is -0.0569. The number of ketones is 1. The Balaban J connectivity index is 1.84. The van der Waals surface area contributed by atoms with Crippen LogP contribution in [0.2, 0.25) is 0 Å². The summed E-state index contributed by atoms with van der Waals surface area (Å²) in [5.74, 6) is -0.827. The van der Waals surface area contributed by atoms with Crippen LogP contribution in [-0.4, -0.2) is 45.8 Å². The zero-order chi connectivity index (χ0) is 19.2. The minimum atomic E-state index is -3.23. The number of nitrogens with one attached hydrogen (secondary N) is 1. The van der Waals surface area contributed by atoms with Crippen molar-refractivity contribution in [3.8, 4) is 0 Å². The summed E-state index contributed by atoms with van der Waals surface area (Å²) < 4.78 is 29.5. The molecule has 0 aliphatic carbocycles. The summed E-state index contributed by atoms with van der Waals surface area (Å²) in [5, 5.41) is 0. The van der Waals surface area contributed by atoms with Crippen LogP contribution in [0.4, 0.5) is 0 Å². The van der Waals surface area contributed by atoms with Crippen molar-refractivity contribution >= 4 is 44.9 Å². The standard InChI is InChI=1S/C17H19NO5S3/c1-24-13-5-3-12(4-6-13)15(19)11-23-17(20)16-8-7-14(25-16)9-10-18-26(2,21)22/h3-8,18H,9-11H2,1-2H3. The quantitative estimate of drug-likeness (QED) is 0.386. The van der Waals surface area contributed by atoms with Gasteiger partial charge in [0.2, 0.25) is 10.0 Å². The van der Waals surface area contributed by atoms with Gasteiger partial charge in [-0.2, -0.15) is 0 Å². The van der Waals surface area contributed by atoms with E-state index >= 15 is 0 Å². The molecule has 0 radical (unpaired) electrons. The Morgan fingerprint density at radius 3 is 2.46 bits per heavy atom. The number of hydrogen-bond donors (Lipinski definition) is 1. The fraction of sp³-hybridized carbons (Fsp3) is 0.294. The maximum absolute atomic E-state index is 12.1. The fourth-order valence-corrected chi connectivity index (χ4v) is 3.83. The lowest BCUT2D eigenvalue weighted by molar-refractivity contribution is 0.0479. The topological polar surface area (TPSA) is 89.5 Å². The molecule has 2 rings (SSSR count). The molecule has 6 nitrogen and oxygen atoms in total. The van der Waals surface area contributed by atoms with Crippen LogP contribution in [0.25, 0.3) is 0 Å². The first-order valence-electron chi connectivity index (χ1n) is 7.66. The first kappa shape index (κ1) is 20.6. The van der Waals surface area contributed by atoms with Gasteiger partial charge in [-0.05, 0) is 36.9 Å². The van der Waals surface area contributed by atoms with Crippen molar-refractivity contribution in [2.75, 3.05) is 25.7 Å². The van der Waals surface area contributed by atoms with Gasteiger partial charge in [0.05, 0.1) is 6.26 Å². The number of esters is 1. The van der Waals surface area contributed by atoms with E-state index in [1.807, 2.05) is 18.4 Å². The molecule has 2 aromatic rings. The summed E-state index contributed by atoms with van der Waals surface area (Å²) >= 11 is 2.80. The van der Waals surface area contributed by atoms with Gasteiger partial charge in [0.15, 0.2) is 12.4 Å². The van der Waals surface area contributed by atoms with E-state index in [1.54, 1.807) is 36.0 Å². The van der Waals surface area contributed by atoms with Crippen LogP contribution >= 0.6 is 23.1 Å². The highest BCUT2D eigenvalue weighted by atomic mass is 32.2. The van der Waals surface area contributed by atoms with Gasteiger partial charge in [-0.25, -0.2) is 17.9 Å². The highest BCUT2D eigenvalue weighted by Crippen LogP contribution is 2.18. The highest BCUT2D eigenvalue weighted by molar-refractivity contribution is 7.98. The van der Waals surface area contributed by atoms with E-state index in [-0.39, 0.29) is 18.9 Å². The maximum Gasteiger partial charge on any atom is 0.348 e. The number of thioether (sulfide) groups is 1. The van der Waals surface area contributed by atoms with Crippen molar-refractivity contribution in [2.24, 2.45) is 0 Å². The molecule has 1 aromatic carbocycles. The molecule has 0 aliphatic rings. The summed E-state index contributed by atoms with van der Waals surface area (Å²) in [4.78, 5) is 26.4. The largest absolute Gasteiger partial charge is 0.453 e. The van der Waals surface area contributed by atoms with E-state index in [1.165, 1.54) is 11.3 Å². The Morgan fingerprint density at radius 1 is 1.15 bits per heavy atom. The third kappa shape index (κ3) is 6.56. The summed E-state index contributed by atoms with van der Waals surface area (Å²) in [6.07, 6.45) is 3.52. The lowest BCUT2D eigenvalue weighted by atomic mass is 10.1. The van der Waals surface area contributed by atoms with Crippen LogP contribution in [0.3, 0.4) is 0 Å². The second kappa shape index (κ2) is 9.31. The van der Waals surface area contributed by atoms with Crippen molar-refractivity contribution < 1.29 is 22.7 Å². The normalized spacial score (nSPS) is 11.3. The van der Waals surface area contributed by atoms with Crippen LogP contribution in [-0.2, 0) is 21.2 Å². The molecule has 0 aliphatic heterocycles. The molecule has 0 unspecified atom stereocenters. The predicted octanol–water partition coefficient (Wildman–Crippen LogP) is 2.60. The van der Waals surface area contributed by atoms with Gasteiger partial charge in [-0.15, -0.1) is 23.1 Å². The van der Waals surface area contributed by atoms with E-state index in [2.05, 4.69) is 4.72 Å². The Kier molecular flexibility index (Phi) is 7.39. The smallest absolute Gasteiger partial charge is 0.348 e. The van der Waals surface area contributed by atoms with Crippen molar-refractivity contribution in [1.29, 1.82) is 0 Å². The van der Waals surface area contributed by atoms with Crippen molar-refractivity contribution in [3.05, 3.63) is 51.7 Å². The lowest BCUT2D eigenvalue weighted by Crippen LogP contribution is -2.24. The second-order valence-corrected chi connectivity index (χ2v) is 9.29. The number of Topliss-reactive ketones (excluding diaryl/α,β-unsaturated/α-hetero) is 1. The molecule has 0 saturated carbocycles. The molecule has 0 fully saturated rings. The number of hydrogen-bond acceptors (Lipinski definition) is 7. The number of ether oxygens (including phenoxy) is 1. The average molecular weight is 414 g/mol. The first-order valence-corrected chi connectivity index (χ1v) is 11.6. The number of carbonyl (C=O) groups is 2. The van der Waals surface area contributed by atoms with Crippen molar-refractivity contribution in [1.82, 2.24) is 4.72 Å². The van der Waals surface area contributed by atoms with Gasteiger partial charge < -0.3 is 4.74 Å². The molecule has 0 bridgehead atoms. The van der Waals surface area contributed by atoms with Gasteiger partial charge >= 0.3 is 5.97 Å². The maximum atomic E-state index is 12.1. The predicted molar refractivity (Wildman–Crippen MR) is 104 cm³/mol. The number of thiophene rings is 1. The van der Waals surface area contributed by atoms with Gasteiger partial charge in [0.25, 0.3) is 0 Å². The van der Waals surface area contributed by atoms with Gasteiger partial charge in [-0.1, -0.05) is 12.1 Å². The number of benzene rings is 1. The van der Waals surface area contributed by atoms with E-state index < -0.39 is 16.0 Å². The second-order valence-electron chi connectivity index (χ2n) is 5.41. The zero-order valence-electron chi connectivity index (χ0n) is 14.4. The summed E-state index contributed by atoms with van der Waals surface area (Å²) in [6, 6.07) is 10.5. The van der Waals surface area contributed by atoms with E-state index in [9.17, 15) is 18.0 Å². The molecule has 1 heterocycles. The molecule has 0 spiro atoms. The van der Waals surface area contributed by atoms with Crippen molar-refractivity contribution in [2.45, 2.75) is 11.3 Å². The van der Waals surface area contributed by atoms with Crippen LogP contribution in [0, 0.1) is 0 Å². The van der Waals surface area contributed by atoms with Gasteiger partial charge in [0, 0.05) is 21.9 Å². The Morgan fingerprint density at radius 2 is 1.85 bits per heavy atom. The fourth-order valence-electron chi connectivity index (χ4n) is 2.04. The van der Waals surface area contributed by atoms with Gasteiger partial charge in [-0.3, -0.25) is 4.79 Å². The third-order valence-electron chi connectivity index (χ3n) is 3.34. The molecular weight excluding hydrogens is 394 g/mol. The Bertz CT molecular complexity index is 872. The lowest BCUT2D eigenvalue weighted by Gasteiger charge is -2.04. The SMILES string of the molecule is CSc1ccc(C(=O)COC(=O)c2ccc(CCNS(C)(=O)=O)s2)cc1. The Labute approximate surface area is 161 Å². The van der Waals surface area contributed by atoms with Crippen LogP contribution in [0.1, 0.15) is 24.9 Å².